The van der Waals surface area contributed by atoms with E-state index in [0.717, 1.165) is 22.8 Å². The molecule has 1 aromatic heterocycles. The first kappa shape index (κ1) is 30.5. The number of anilines is 1. The van der Waals surface area contributed by atoms with Crippen LogP contribution in [0, 0.1) is 11.6 Å². The van der Waals surface area contributed by atoms with Gasteiger partial charge in [0, 0.05) is 12.1 Å². The molecule has 0 saturated heterocycles. The zero-order chi connectivity index (χ0) is 32.1. The monoisotopic (exact) mass is 622 g/mol. The topological polar surface area (TPSA) is 94.4 Å². The number of imidazole rings is 1. The number of hydrogen-bond acceptors (Lipinski definition) is 5. The summed E-state index contributed by atoms with van der Waals surface area (Å²) in [6.07, 6.45) is -6.50. The minimum absolute atomic E-state index is 0.132. The number of halogens is 7. The van der Waals surface area contributed by atoms with Crippen LogP contribution in [0.4, 0.5) is 36.4 Å². The Hall–Kier alpha value is -4.92. The van der Waals surface area contributed by atoms with Gasteiger partial charge < -0.3 is 10.1 Å². The van der Waals surface area contributed by atoms with E-state index in [1.807, 2.05) is 0 Å². The van der Waals surface area contributed by atoms with Crippen molar-refractivity contribution in [2.45, 2.75) is 31.4 Å². The van der Waals surface area contributed by atoms with E-state index in [0.29, 0.717) is 16.7 Å². The van der Waals surface area contributed by atoms with E-state index in [-0.39, 0.29) is 58.1 Å². The predicted molar refractivity (Wildman–Crippen MR) is 144 cm³/mol. The SMILES string of the molecule is C=CCn1c(=O)n(CC(F)F)c2cc(NC(=O)c3cc(F)cc(C(F)(F)F)c3)c(C3(NC)Oc4ccc(F)cc43)c(C=O)c21. The molecule has 1 unspecified atom stereocenters. The molecule has 1 atom stereocenters. The molecule has 1 aliphatic rings. The summed E-state index contributed by atoms with van der Waals surface area (Å²) in [6.45, 7) is 2.20. The first-order valence-corrected chi connectivity index (χ1v) is 12.8. The molecular weight excluding hydrogens is 601 g/mol. The Bertz CT molecular complexity index is 1900. The number of hydrogen-bond donors (Lipinski definition) is 2. The summed E-state index contributed by atoms with van der Waals surface area (Å²) in [5.74, 6) is -3.21. The highest BCUT2D eigenvalue weighted by molar-refractivity contribution is 6.08. The third-order valence-electron chi connectivity index (χ3n) is 7.11. The Balaban J connectivity index is 1.84. The summed E-state index contributed by atoms with van der Waals surface area (Å²) in [7, 11) is 1.36. The molecule has 0 spiro atoms. The average molecular weight is 622 g/mol. The van der Waals surface area contributed by atoms with Crippen molar-refractivity contribution in [2.75, 3.05) is 12.4 Å². The molecular formula is C29H21F7N4O4. The maximum atomic E-state index is 14.4. The molecule has 2 N–H and O–H groups in total. The van der Waals surface area contributed by atoms with Gasteiger partial charge in [-0.3, -0.25) is 24.0 Å². The van der Waals surface area contributed by atoms with Gasteiger partial charge in [0.2, 0.25) is 5.72 Å². The van der Waals surface area contributed by atoms with E-state index in [2.05, 4.69) is 17.2 Å². The molecule has 0 saturated carbocycles. The quantitative estimate of drug-likeness (QED) is 0.148. The number of carbonyl (C=O) groups excluding carboxylic acids is 2. The highest BCUT2D eigenvalue weighted by Crippen LogP contribution is 2.50. The number of ether oxygens (including phenoxy) is 1. The number of benzene rings is 3. The predicted octanol–water partition coefficient (Wildman–Crippen LogP) is 5.43. The van der Waals surface area contributed by atoms with Crippen LogP contribution >= 0.6 is 0 Å². The van der Waals surface area contributed by atoms with Gasteiger partial charge >= 0.3 is 11.9 Å². The van der Waals surface area contributed by atoms with Crippen molar-refractivity contribution < 1.29 is 45.1 Å². The maximum Gasteiger partial charge on any atom is 0.416 e. The number of aldehydes is 1. The highest BCUT2D eigenvalue weighted by Gasteiger charge is 2.50. The molecule has 8 nitrogen and oxygen atoms in total. The lowest BCUT2D eigenvalue weighted by Crippen LogP contribution is -2.54. The Morgan fingerprint density at radius 2 is 1.82 bits per heavy atom. The number of fused-ring (bicyclic) bond motifs is 2. The van der Waals surface area contributed by atoms with Crippen LogP contribution in [0.25, 0.3) is 11.0 Å². The zero-order valence-corrected chi connectivity index (χ0v) is 22.6. The van der Waals surface area contributed by atoms with Crippen LogP contribution in [-0.4, -0.2) is 34.8 Å². The third-order valence-corrected chi connectivity index (χ3v) is 7.11. The maximum absolute atomic E-state index is 14.4. The van der Waals surface area contributed by atoms with Gasteiger partial charge in [0.25, 0.3) is 12.3 Å². The van der Waals surface area contributed by atoms with Gasteiger partial charge in [-0.1, -0.05) is 6.08 Å². The number of alkyl halides is 5. The Kier molecular flexibility index (Phi) is 7.61. The molecule has 230 valence electrons. The molecule has 5 rings (SSSR count). The molecule has 3 aromatic carbocycles. The van der Waals surface area contributed by atoms with Crippen LogP contribution < -0.4 is 21.1 Å². The van der Waals surface area contributed by atoms with E-state index in [1.54, 1.807) is 0 Å². The lowest BCUT2D eigenvalue weighted by atomic mass is 9.84. The fourth-order valence-electron chi connectivity index (χ4n) is 5.33. The van der Waals surface area contributed by atoms with Crippen molar-refractivity contribution in [3.63, 3.8) is 0 Å². The lowest BCUT2D eigenvalue weighted by molar-refractivity contribution is -0.137. The third kappa shape index (κ3) is 4.92. The molecule has 0 bridgehead atoms. The van der Waals surface area contributed by atoms with Crippen molar-refractivity contribution in [1.82, 2.24) is 14.5 Å². The molecule has 1 amide bonds. The molecule has 1 aliphatic heterocycles. The summed E-state index contributed by atoms with van der Waals surface area (Å²) in [5, 5.41) is 5.13. The number of amides is 1. The average Bonchev–Trinajstić information content (AvgIpc) is 3.19. The molecule has 0 fully saturated rings. The highest BCUT2D eigenvalue weighted by atomic mass is 19.4. The molecule has 0 radical (unpaired) electrons. The standard InChI is InChI=1S/C29H21F7N4O4/c1-3-6-39-25-18(13-41)24(28(37-2)19-10-16(30)4-5-22(19)44-28)20(11-21(25)40(27(39)43)12-23(32)33)38-26(42)14-7-15(29(34,35)36)9-17(31)8-14/h3-5,7-11,13,23,37H,1,6,12H2,2H3,(H,38,42). The van der Waals surface area contributed by atoms with Crippen molar-refractivity contribution >= 4 is 28.9 Å². The second-order valence-electron chi connectivity index (χ2n) is 9.74. The summed E-state index contributed by atoms with van der Waals surface area (Å²) in [5.41, 5.74) is -6.33. The molecule has 4 aromatic rings. The minimum atomic E-state index is -5.00. The van der Waals surface area contributed by atoms with Crippen molar-refractivity contribution in [3.8, 4) is 5.75 Å². The summed E-state index contributed by atoms with van der Waals surface area (Å²) < 4.78 is 103. The van der Waals surface area contributed by atoms with Crippen molar-refractivity contribution in [3.05, 3.63) is 105 Å². The summed E-state index contributed by atoms with van der Waals surface area (Å²) in [6, 6.07) is 5.63. The normalized spacial score (nSPS) is 15.9. The summed E-state index contributed by atoms with van der Waals surface area (Å²) >= 11 is 0. The van der Waals surface area contributed by atoms with Crippen molar-refractivity contribution in [2.24, 2.45) is 0 Å². The number of allylic oxidation sites excluding steroid dienone is 1. The Morgan fingerprint density at radius 3 is 2.43 bits per heavy atom. The largest absolute Gasteiger partial charge is 0.464 e. The number of carbonyl (C=O) groups is 2. The Morgan fingerprint density at radius 1 is 1.09 bits per heavy atom. The van der Waals surface area contributed by atoms with E-state index in [1.165, 1.54) is 19.2 Å². The first-order chi connectivity index (χ1) is 20.7. The van der Waals surface area contributed by atoms with Crippen LogP contribution in [0.2, 0.25) is 0 Å². The fourth-order valence-corrected chi connectivity index (χ4v) is 5.33. The van der Waals surface area contributed by atoms with Crippen LogP contribution in [0.3, 0.4) is 0 Å². The number of nitrogens with one attached hydrogen (secondary N) is 2. The minimum Gasteiger partial charge on any atom is -0.464 e. The fraction of sp³-hybridized carbons (Fsp3) is 0.207. The van der Waals surface area contributed by atoms with Gasteiger partial charge in [-0.25, -0.2) is 22.4 Å². The molecule has 0 aliphatic carbocycles. The smallest absolute Gasteiger partial charge is 0.416 e. The van der Waals surface area contributed by atoms with E-state index in [9.17, 15) is 45.1 Å². The van der Waals surface area contributed by atoms with Crippen LogP contribution in [0.5, 0.6) is 5.75 Å². The van der Waals surface area contributed by atoms with E-state index >= 15 is 0 Å². The summed E-state index contributed by atoms with van der Waals surface area (Å²) in [4.78, 5) is 39.4. The number of nitrogens with zero attached hydrogens (tertiary/aromatic N) is 2. The van der Waals surface area contributed by atoms with Crippen LogP contribution in [0.1, 0.15) is 37.4 Å². The molecule has 44 heavy (non-hydrogen) atoms. The van der Waals surface area contributed by atoms with Gasteiger partial charge in [0.15, 0.2) is 6.29 Å². The van der Waals surface area contributed by atoms with Crippen molar-refractivity contribution in [1.29, 1.82) is 0 Å². The molecule has 15 heteroatoms. The zero-order valence-electron chi connectivity index (χ0n) is 22.6. The van der Waals surface area contributed by atoms with E-state index in [4.69, 9.17) is 4.74 Å². The first-order valence-electron chi connectivity index (χ1n) is 12.8. The number of aromatic nitrogens is 2. The Labute approximate surface area is 243 Å². The lowest BCUT2D eigenvalue weighted by Gasteiger charge is -2.45. The van der Waals surface area contributed by atoms with E-state index < -0.39 is 59.2 Å². The molecule has 2 heterocycles. The van der Waals surface area contributed by atoms with Crippen LogP contribution in [-0.2, 0) is 25.0 Å². The van der Waals surface area contributed by atoms with Gasteiger partial charge in [-0.05, 0) is 49.5 Å². The van der Waals surface area contributed by atoms with Gasteiger partial charge in [0.1, 0.15) is 17.4 Å². The number of rotatable bonds is 9. The second kappa shape index (κ2) is 11.0. The van der Waals surface area contributed by atoms with Gasteiger partial charge in [-0.2, -0.15) is 13.2 Å². The van der Waals surface area contributed by atoms with Gasteiger partial charge in [-0.15, -0.1) is 6.58 Å². The van der Waals surface area contributed by atoms with Gasteiger partial charge in [0.05, 0.1) is 45.5 Å². The van der Waals surface area contributed by atoms with Crippen LogP contribution in [0.15, 0.2) is 59.9 Å². The second-order valence-corrected chi connectivity index (χ2v) is 9.74.